The number of benzene rings is 1. The minimum Gasteiger partial charge on any atom is -0.484 e. The number of amides is 1. The molecule has 1 aromatic rings. The van der Waals surface area contributed by atoms with E-state index in [0.29, 0.717) is 12.3 Å². The molecule has 0 aliphatic heterocycles. The fourth-order valence-corrected chi connectivity index (χ4v) is 1.61. The van der Waals surface area contributed by atoms with Crippen LogP contribution in [0.25, 0.3) is 0 Å². The third-order valence-corrected chi connectivity index (χ3v) is 3.44. The van der Waals surface area contributed by atoms with E-state index in [2.05, 4.69) is 5.32 Å². The summed E-state index contributed by atoms with van der Waals surface area (Å²) < 4.78 is 5.40. The Morgan fingerprint density at radius 2 is 1.84 bits per heavy atom. The molecule has 1 rings (SSSR count). The molecule has 0 aliphatic carbocycles. The quantitative estimate of drug-likeness (QED) is 0.791. The van der Waals surface area contributed by atoms with Crippen LogP contribution in [0, 0.1) is 6.92 Å². The van der Waals surface area contributed by atoms with Crippen LogP contribution in [0.4, 0.5) is 0 Å². The molecule has 1 aromatic carbocycles. The molecule has 0 unspecified atom stereocenters. The molecule has 106 valence electrons. The lowest BCUT2D eigenvalue weighted by atomic mass is 9.94. The van der Waals surface area contributed by atoms with Crippen LogP contribution in [0.5, 0.6) is 5.75 Å². The van der Waals surface area contributed by atoms with E-state index in [9.17, 15) is 4.79 Å². The summed E-state index contributed by atoms with van der Waals surface area (Å²) in [5.74, 6) is 0.558. The molecule has 0 fully saturated rings. The summed E-state index contributed by atoms with van der Waals surface area (Å²) in [6, 6.07) is 7.61. The highest BCUT2D eigenvalue weighted by Gasteiger charge is 2.20. The predicted octanol–water partition coefficient (Wildman–Crippen LogP) is 2.01. The number of aryl methyl sites for hydroxylation is 1. The first-order chi connectivity index (χ1) is 8.99. The van der Waals surface area contributed by atoms with Gasteiger partial charge in [0.2, 0.25) is 0 Å². The Morgan fingerprint density at radius 3 is 2.37 bits per heavy atom. The van der Waals surface area contributed by atoms with Gasteiger partial charge < -0.3 is 15.8 Å². The molecule has 0 bridgehead atoms. The molecule has 4 nitrogen and oxygen atoms in total. The van der Waals surface area contributed by atoms with Gasteiger partial charge >= 0.3 is 0 Å². The average Bonchev–Trinajstić information content (AvgIpc) is 2.44. The van der Waals surface area contributed by atoms with E-state index in [1.807, 2.05) is 45.0 Å². The zero-order chi connectivity index (χ0) is 14.3. The van der Waals surface area contributed by atoms with Crippen molar-refractivity contribution in [2.75, 3.05) is 13.2 Å². The van der Waals surface area contributed by atoms with E-state index in [1.165, 1.54) is 0 Å². The summed E-state index contributed by atoms with van der Waals surface area (Å²) in [6.07, 6.45) is 1.67. The Balaban J connectivity index is 2.34. The molecule has 0 heterocycles. The molecule has 0 spiro atoms. The van der Waals surface area contributed by atoms with E-state index in [-0.39, 0.29) is 18.1 Å². The maximum atomic E-state index is 11.7. The van der Waals surface area contributed by atoms with Crippen molar-refractivity contribution < 1.29 is 9.53 Å². The van der Waals surface area contributed by atoms with Crippen LogP contribution in [0.2, 0.25) is 0 Å². The van der Waals surface area contributed by atoms with Crippen molar-refractivity contribution in [2.24, 2.45) is 5.73 Å². The van der Waals surface area contributed by atoms with Crippen molar-refractivity contribution in [3.63, 3.8) is 0 Å². The molecule has 4 heteroatoms. The molecule has 3 N–H and O–H groups in total. The average molecular weight is 264 g/mol. The van der Waals surface area contributed by atoms with Crippen molar-refractivity contribution >= 4 is 5.91 Å². The van der Waals surface area contributed by atoms with Crippen molar-refractivity contribution in [3.8, 4) is 5.75 Å². The lowest BCUT2D eigenvalue weighted by Gasteiger charge is -2.26. The fourth-order valence-electron chi connectivity index (χ4n) is 1.61. The third kappa shape index (κ3) is 5.30. The van der Waals surface area contributed by atoms with Crippen LogP contribution in [-0.4, -0.2) is 24.6 Å². The summed E-state index contributed by atoms with van der Waals surface area (Å²) in [6.45, 7) is 6.56. The van der Waals surface area contributed by atoms with E-state index in [0.717, 1.165) is 18.4 Å². The van der Waals surface area contributed by atoms with Crippen LogP contribution < -0.4 is 15.8 Å². The van der Waals surface area contributed by atoms with Gasteiger partial charge in [-0.05, 0) is 31.9 Å². The monoisotopic (exact) mass is 264 g/mol. The molecule has 0 atom stereocenters. The Bertz CT molecular complexity index is 397. The second-order valence-electron chi connectivity index (χ2n) is 4.95. The van der Waals surface area contributed by atoms with Crippen LogP contribution in [0.1, 0.15) is 32.3 Å². The fraction of sp³-hybridized carbons (Fsp3) is 0.533. The summed E-state index contributed by atoms with van der Waals surface area (Å²) >= 11 is 0. The Kier molecular flexibility index (Phi) is 5.83. The largest absolute Gasteiger partial charge is 0.484 e. The molecule has 19 heavy (non-hydrogen) atoms. The molecular formula is C15H24N2O2. The third-order valence-electron chi connectivity index (χ3n) is 3.44. The summed E-state index contributed by atoms with van der Waals surface area (Å²) in [5.41, 5.74) is 6.96. The van der Waals surface area contributed by atoms with Gasteiger partial charge in [-0.2, -0.15) is 0 Å². The zero-order valence-electron chi connectivity index (χ0n) is 12.0. The van der Waals surface area contributed by atoms with E-state index in [4.69, 9.17) is 10.5 Å². The SMILES string of the molecule is CCC(N)(CC)CNC(=O)COc1ccc(C)cc1. The smallest absolute Gasteiger partial charge is 0.258 e. The molecule has 0 saturated carbocycles. The van der Waals surface area contributed by atoms with Crippen molar-refractivity contribution in [2.45, 2.75) is 39.2 Å². The van der Waals surface area contributed by atoms with Gasteiger partial charge in [0, 0.05) is 12.1 Å². The number of hydrogen-bond acceptors (Lipinski definition) is 3. The second-order valence-corrected chi connectivity index (χ2v) is 4.95. The van der Waals surface area contributed by atoms with Gasteiger partial charge in [-0.25, -0.2) is 0 Å². The van der Waals surface area contributed by atoms with Gasteiger partial charge in [-0.1, -0.05) is 31.5 Å². The normalized spacial score (nSPS) is 11.2. The van der Waals surface area contributed by atoms with Crippen LogP contribution in [0.15, 0.2) is 24.3 Å². The predicted molar refractivity (Wildman–Crippen MR) is 77.2 cm³/mol. The van der Waals surface area contributed by atoms with Crippen LogP contribution >= 0.6 is 0 Å². The Labute approximate surface area is 115 Å². The van der Waals surface area contributed by atoms with Gasteiger partial charge in [0.25, 0.3) is 5.91 Å². The minimum atomic E-state index is -0.320. The van der Waals surface area contributed by atoms with Crippen LogP contribution in [-0.2, 0) is 4.79 Å². The maximum absolute atomic E-state index is 11.7. The second kappa shape index (κ2) is 7.14. The number of nitrogens with one attached hydrogen (secondary N) is 1. The van der Waals surface area contributed by atoms with E-state index < -0.39 is 0 Å². The van der Waals surface area contributed by atoms with E-state index in [1.54, 1.807) is 0 Å². The summed E-state index contributed by atoms with van der Waals surface area (Å²) in [7, 11) is 0. The van der Waals surface area contributed by atoms with Crippen LogP contribution in [0.3, 0.4) is 0 Å². The lowest BCUT2D eigenvalue weighted by molar-refractivity contribution is -0.123. The zero-order valence-corrected chi connectivity index (χ0v) is 12.0. The first-order valence-corrected chi connectivity index (χ1v) is 6.74. The highest BCUT2D eigenvalue weighted by atomic mass is 16.5. The Hall–Kier alpha value is -1.55. The number of nitrogens with two attached hydrogens (primary N) is 1. The molecule has 0 aromatic heterocycles. The van der Waals surface area contributed by atoms with Crippen molar-refractivity contribution in [1.29, 1.82) is 0 Å². The van der Waals surface area contributed by atoms with Crippen molar-refractivity contribution in [1.82, 2.24) is 5.32 Å². The molecule has 0 radical (unpaired) electrons. The standard InChI is InChI=1S/C15H24N2O2/c1-4-15(16,5-2)11-17-14(18)10-19-13-8-6-12(3)7-9-13/h6-9H,4-5,10-11,16H2,1-3H3,(H,17,18). The highest BCUT2D eigenvalue weighted by Crippen LogP contribution is 2.11. The number of carbonyl (C=O) groups excluding carboxylic acids is 1. The van der Waals surface area contributed by atoms with Crippen molar-refractivity contribution in [3.05, 3.63) is 29.8 Å². The summed E-state index contributed by atoms with van der Waals surface area (Å²) in [4.78, 5) is 11.7. The van der Waals surface area contributed by atoms with Gasteiger partial charge in [0.05, 0.1) is 0 Å². The molecular weight excluding hydrogens is 240 g/mol. The van der Waals surface area contributed by atoms with Gasteiger partial charge in [0.15, 0.2) is 6.61 Å². The molecule has 1 amide bonds. The number of rotatable bonds is 7. The minimum absolute atomic E-state index is 0.0204. The van der Waals surface area contributed by atoms with Gasteiger partial charge in [-0.3, -0.25) is 4.79 Å². The highest BCUT2D eigenvalue weighted by molar-refractivity contribution is 5.77. The maximum Gasteiger partial charge on any atom is 0.258 e. The number of carbonyl (C=O) groups is 1. The Morgan fingerprint density at radius 1 is 1.26 bits per heavy atom. The first kappa shape index (κ1) is 15.5. The summed E-state index contributed by atoms with van der Waals surface area (Å²) in [5, 5.41) is 2.82. The van der Waals surface area contributed by atoms with Gasteiger partial charge in [-0.15, -0.1) is 0 Å². The van der Waals surface area contributed by atoms with Gasteiger partial charge in [0.1, 0.15) is 5.75 Å². The number of hydrogen-bond donors (Lipinski definition) is 2. The molecule has 0 aliphatic rings. The molecule has 0 saturated heterocycles. The number of ether oxygens (including phenoxy) is 1. The first-order valence-electron chi connectivity index (χ1n) is 6.74. The lowest BCUT2D eigenvalue weighted by Crippen LogP contribution is -2.50. The van der Waals surface area contributed by atoms with E-state index >= 15 is 0 Å². The topological polar surface area (TPSA) is 64.3 Å².